The number of methoxy groups -OCH3 is 1. The largest absolute Gasteiger partial charge is 0.383 e. The molecule has 1 aromatic rings. The Kier molecular flexibility index (Phi) is 6.96. The van der Waals surface area contributed by atoms with Crippen LogP contribution in [0.2, 0.25) is 5.02 Å². The van der Waals surface area contributed by atoms with E-state index in [0.29, 0.717) is 19.6 Å². The number of piperazine rings is 1. The number of carbonyl (C=O) groups is 1. The quantitative estimate of drug-likeness (QED) is 0.774. The van der Waals surface area contributed by atoms with Crippen molar-refractivity contribution in [1.82, 2.24) is 10.2 Å². The number of rotatable bonds is 7. The van der Waals surface area contributed by atoms with E-state index >= 15 is 0 Å². The molecule has 0 bridgehead atoms. The summed E-state index contributed by atoms with van der Waals surface area (Å²) in [6.07, 6.45) is 0.543. The lowest BCUT2D eigenvalue weighted by atomic mass is 10.2. The second-order valence-electron chi connectivity index (χ2n) is 5.34. The molecule has 1 aliphatic rings. The number of ether oxygens (including phenoxy) is 1. The minimum atomic E-state index is 0.218. The summed E-state index contributed by atoms with van der Waals surface area (Å²) in [6, 6.07) is 7.87. The highest BCUT2D eigenvalue weighted by atomic mass is 35.5. The molecule has 22 heavy (non-hydrogen) atoms. The van der Waals surface area contributed by atoms with Gasteiger partial charge in [-0.25, -0.2) is 0 Å². The molecular weight excluding hydrogens is 302 g/mol. The molecule has 1 aromatic carbocycles. The molecule has 0 radical (unpaired) electrons. The maximum absolute atomic E-state index is 12.1. The number of carbonyl (C=O) groups excluding carboxylic acids is 1. The fourth-order valence-corrected chi connectivity index (χ4v) is 2.72. The van der Waals surface area contributed by atoms with Gasteiger partial charge in [-0.15, -0.1) is 0 Å². The van der Waals surface area contributed by atoms with Crippen LogP contribution in [0, 0.1) is 0 Å². The van der Waals surface area contributed by atoms with E-state index in [-0.39, 0.29) is 5.91 Å². The van der Waals surface area contributed by atoms with Crippen molar-refractivity contribution < 1.29 is 9.53 Å². The van der Waals surface area contributed by atoms with Gasteiger partial charge in [0.1, 0.15) is 0 Å². The highest BCUT2D eigenvalue weighted by molar-refractivity contribution is 6.30. The number of hydrogen-bond acceptors (Lipinski definition) is 4. The van der Waals surface area contributed by atoms with Crippen LogP contribution < -0.4 is 10.2 Å². The molecule has 0 atom stereocenters. The summed E-state index contributed by atoms with van der Waals surface area (Å²) in [5.41, 5.74) is 1.13. The lowest BCUT2D eigenvalue weighted by Gasteiger charge is -2.36. The summed E-state index contributed by atoms with van der Waals surface area (Å²) in [7, 11) is 1.67. The Balaban J connectivity index is 1.71. The maximum atomic E-state index is 12.1. The molecule has 0 unspecified atom stereocenters. The Morgan fingerprint density at radius 3 is 2.73 bits per heavy atom. The van der Waals surface area contributed by atoms with Gasteiger partial charge in [-0.3, -0.25) is 4.79 Å². The van der Waals surface area contributed by atoms with E-state index in [2.05, 4.69) is 16.3 Å². The maximum Gasteiger partial charge on any atom is 0.223 e. The van der Waals surface area contributed by atoms with Crippen LogP contribution in [0.4, 0.5) is 5.69 Å². The van der Waals surface area contributed by atoms with Crippen LogP contribution in [-0.2, 0) is 9.53 Å². The van der Waals surface area contributed by atoms with Gasteiger partial charge in [0.05, 0.1) is 6.61 Å². The molecule has 2 rings (SSSR count). The molecular formula is C16H24ClN3O2. The van der Waals surface area contributed by atoms with Crippen molar-refractivity contribution in [2.45, 2.75) is 6.42 Å². The first-order valence-corrected chi connectivity index (χ1v) is 8.06. The van der Waals surface area contributed by atoms with Crippen LogP contribution in [0.1, 0.15) is 6.42 Å². The average Bonchev–Trinajstić information content (AvgIpc) is 2.54. The number of benzene rings is 1. The van der Waals surface area contributed by atoms with E-state index in [1.807, 2.05) is 23.1 Å². The monoisotopic (exact) mass is 325 g/mol. The molecule has 1 amide bonds. The van der Waals surface area contributed by atoms with Gasteiger partial charge in [0.25, 0.3) is 0 Å². The molecule has 122 valence electrons. The van der Waals surface area contributed by atoms with Gasteiger partial charge in [-0.2, -0.15) is 0 Å². The van der Waals surface area contributed by atoms with Crippen molar-refractivity contribution in [2.24, 2.45) is 0 Å². The number of amides is 1. The van der Waals surface area contributed by atoms with E-state index in [1.54, 1.807) is 7.11 Å². The van der Waals surface area contributed by atoms with Gasteiger partial charge >= 0.3 is 0 Å². The molecule has 0 aliphatic carbocycles. The Hall–Kier alpha value is -1.30. The second-order valence-corrected chi connectivity index (χ2v) is 5.78. The summed E-state index contributed by atoms with van der Waals surface area (Å²) in [4.78, 5) is 16.4. The third-order valence-corrected chi connectivity index (χ3v) is 4.04. The first kappa shape index (κ1) is 17.1. The van der Waals surface area contributed by atoms with Crippen molar-refractivity contribution in [2.75, 3.05) is 57.9 Å². The van der Waals surface area contributed by atoms with E-state index in [9.17, 15) is 4.79 Å². The Bertz CT molecular complexity index is 476. The first-order valence-electron chi connectivity index (χ1n) is 7.68. The van der Waals surface area contributed by atoms with Crippen LogP contribution >= 0.6 is 11.6 Å². The highest BCUT2D eigenvalue weighted by Gasteiger charge is 2.20. The van der Waals surface area contributed by atoms with E-state index in [0.717, 1.165) is 43.4 Å². The smallest absolute Gasteiger partial charge is 0.223 e. The summed E-state index contributed by atoms with van der Waals surface area (Å²) < 4.78 is 4.95. The Labute approximate surface area is 137 Å². The zero-order valence-corrected chi connectivity index (χ0v) is 13.8. The van der Waals surface area contributed by atoms with Gasteiger partial charge in [-0.1, -0.05) is 17.7 Å². The third-order valence-electron chi connectivity index (χ3n) is 3.80. The minimum absolute atomic E-state index is 0.218. The first-order chi connectivity index (χ1) is 10.7. The summed E-state index contributed by atoms with van der Waals surface area (Å²) in [6.45, 7) is 5.40. The molecule has 1 fully saturated rings. The molecule has 1 saturated heterocycles. The van der Waals surface area contributed by atoms with Crippen LogP contribution in [0.3, 0.4) is 0 Å². The van der Waals surface area contributed by atoms with Crippen molar-refractivity contribution in [3.05, 3.63) is 29.3 Å². The van der Waals surface area contributed by atoms with Gasteiger partial charge in [0.15, 0.2) is 0 Å². The van der Waals surface area contributed by atoms with Crippen molar-refractivity contribution in [3.8, 4) is 0 Å². The minimum Gasteiger partial charge on any atom is -0.383 e. The Morgan fingerprint density at radius 2 is 2.05 bits per heavy atom. The number of anilines is 1. The summed E-state index contributed by atoms with van der Waals surface area (Å²) in [5, 5.41) is 3.95. The SMILES string of the molecule is COCCNCCC(=O)N1CCN(c2cccc(Cl)c2)CC1. The fourth-order valence-electron chi connectivity index (χ4n) is 2.54. The molecule has 5 nitrogen and oxygen atoms in total. The standard InChI is InChI=1S/C16H24ClN3O2/c1-22-12-7-18-6-5-16(21)20-10-8-19(9-11-20)15-4-2-3-14(17)13-15/h2-4,13,18H,5-12H2,1H3. The normalized spacial score (nSPS) is 15.2. The number of hydrogen-bond donors (Lipinski definition) is 1. The van der Waals surface area contributed by atoms with E-state index in [1.165, 1.54) is 0 Å². The molecule has 1 N–H and O–H groups in total. The molecule has 0 aromatic heterocycles. The fraction of sp³-hybridized carbons (Fsp3) is 0.562. The highest BCUT2D eigenvalue weighted by Crippen LogP contribution is 2.20. The van der Waals surface area contributed by atoms with Crippen LogP contribution in [0.5, 0.6) is 0 Å². The number of halogens is 1. The summed E-state index contributed by atoms with van der Waals surface area (Å²) in [5.74, 6) is 0.218. The number of nitrogens with one attached hydrogen (secondary N) is 1. The summed E-state index contributed by atoms with van der Waals surface area (Å²) >= 11 is 6.03. The Morgan fingerprint density at radius 1 is 1.27 bits per heavy atom. The van der Waals surface area contributed by atoms with Gasteiger partial charge in [0.2, 0.25) is 5.91 Å². The second kappa shape index (κ2) is 8.98. The van der Waals surface area contributed by atoms with Crippen LogP contribution in [0.15, 0.2) is 24.3 Å². The van der Waals surface area contributed by atoms with E-state index < -0.39 is 0 Å². The molecule has 1 heterocycles. The van der Waals surface area contributed by atoms with Gasteiger partial charge < -0.3 is 19.9 Å². The van der Waals surface area contributed by atoms with Gasteiger partial charge in [0, 0.05) is 63.5 Å². The van der Waals surface area contributed by atoms with E-state index in [4.69, 9.17) is 16.3 Å². The predicted octanol–water partition coefficient (Wildman–Crippen LogP) is 1.61. The molecule has 0 spiro atoms. The van der Waals surface area contributed by atoms with Crippen LogP contribution in [0.25, 0.3) is 0 Å². The molecule has 0 saturated carbocycles. The lowest BCUT2D eigenvalue weighted by Crippen LogP contribution is -2.49. The zero-order valence-electron chi connectivity index (χ0n) is 13.1. The predicted molar refractivity (Wildman–Crippen MR) is 89.6 cm³/mol. The molecule has 1 aliphatic heterocycles. The zero-order chi connectivity index (χ0) is 15.8. The topological polar surface area (TPSA) is 44.8 Å². The van der Waals surface area contributed by atoms with Crippen LogP contribution in [-0.4, -0.2) is 63.8 Å². The number of nitrogens with zero attached hydrogens (tertiary/aromatic N) is 2. The van der Waals surface area contributed by atoms with Crippen molar-refractivity contribution in [1.29, 1.82) is 0 Å². The average molecular weight is 326 g/mol. The molecule has 6 heteroatoms. The van der Waals surface area contributed by atoms with Crippen molar-refractivity contribution >= 4 is 23.2 Å². The lowest BCUT2D eigenvalue weighted by molar-refractivity contribution is -0.131. The van der Waals surface area contributed by atoms with Gasteiger partial charge in [-0.05, 0) is 18.2 Å². The van der Waals surface area contributed by atoms with Crippen molar-refractivity contribution in [3.63, 3.8) is 0 Å². The third kappa shape index (κ3) is 5.16.